The van der Waals surface area contributed by atoms with Crippen molar-refractivity contribution in [3.05, 3.63) is 64.1 Å². The Morgan fingerprint density at radius 3 is 2.95 bits per heavy atom. The van der Waals surface area contributed by atoms with Gasteiger partial charge in [-0.05, 0) is 18.2 Å². The average Bonchev–Trinajstić information content (AvgIpc) is 2.96. The second-order valence-electron chi connectivity index (χ2n) is 4.50. The molecule has 0 atom stereocenters. The van der Waals surface area contributed by atoms with Crippen molar-refractivity contribution in [3.8, 4) is 6.07 Å². The van der Waals surface area contributed by atoms with Gasteiger partial charge in [-0.1, -0.05) is 6.07 Å². The number of non-ortho nitro benzene ring substituents is 1. The van der Waals surface area contributed by atoms with Gasteiger partial charge in [0.05, 0.1) is 22.7 Å². The summed E-state index contributed by atoms with van der Waals surface area (Å²) in [6, 6.07) is 11.6. The number of anilines is 1. The van der Waals surface area contributed by atoms with E-state index in [1.165, 1.54) is 18.2 Å². The number of aromatic nitrogens is 3. The van der Waals surface area contributed by atoms with E-state index >= 15 is 0 Å². The fourth-order valence-electron chi connectivity index (χ4n) is 2.08. The smallest absolute Gasteiger partial charge is 0.270 e. The van der Waals surface area contributed by atoms with E-state index < -0.39 is 4.92 Å². The van der Waals surface area contributed by atoms with Gasteiger partial charge in [0.15, 0.2) is 11.5 Å². The van der Waals surface area contributed by atoms with Crippen molar-refractivity contribution < 1.29 is 4.92 Å². The monoisotopic (exact) mass is 294 g/mol. The average molecular weight is 294 g/mol. The van der Waals surface area contributed by atoms with Gasteiger partial charge < -0.3 is 5.32 Å². The molecular weight excluding hydrogens is 284 g/mol. The summed E-state index contributed by atoms with van der Waals surface area (Å²) in [4.78, 5) is 10.2. The van der Waals surface area contributed by atoms with E-state index in [1.807, 2.05) is 34.9 Å². The lowest BCUT2D eigenvalue weighted by Crippen LogP contribution is -2.05. The van der Waals surface area contributed by atoms with Gasteiger partial charge in [-0.25, -0.2) is 0 Å². The molecule has 3 aromatic rings. The highest BCUT2D eigenvalue weighted by atomic mass is 16.6. The van der Waals surface area contributed by atoms with Crippen LogP contribution in [0.4, 0.5) is 11.4 Å². The predicted octanol–water partition coefficient (Wildman–Crippen LogP) is 2.12. The van der Waals surface area contributed by atoms with E-state index in [9.17, 15) is 10.1 Å². The van der Waals surface area contributed by atoms with E-state index in [0.717, 1.165) is 5.65 Å². The number of fused-ring (bicyclic) bond motifs is 1. The van der Waals surface area contributed by atoms with E-state index in [1.54, 1.807) is 0 Å². The van der Waals surface area contributed by atoms with E-state index in [-0.39, 0.29) is 11.3 Å². The molecule has 0 aliphatic carbocycles. The standard InChI is InChI=1S/C14H10N6O2/c15-8-10-7-11(20(21)22)4-5-12(10)16-9-14-18-17-13-3-1-2-6-19(13)14/h1-7,16H,9H2. The number of nitrogens with zero attached hydrogens (tertiary/aromatic N) is 5. The number of nitro groups is 1. The second-order valence-corrected chi connectivity index (χ2v) is 4.50. The van der Waals surface area contributed by atoms with Gasteiger partial charge in [-0.2, -0.15) is 5.26 Å². The molecule has 2 aromatic heterocycles. The molecule has 2 heterocycles. The molecule has 0 aliphatic rings. The normalized spacial score (nSPS) is 10.3. The lowest BCUT2D eigenvalue weighted by Gasteiger charge is -2.07. The zero-order valence-electron chi connectivity index (χ0n) is 11.3. The Morgan fingerprint density at radius 2 is 2.18 bits per heavy atom. The summed E-state index contributed by atoms with van der Waals surface area (Å²) in [7, 11) is 0. The van der Waals surface area contributed by atoms with Crippen LogP contribution < -0.4 is 5.32 Å². The number of nitriles is 1. The summed E-state index contributed by atoms with van der Waals surface area (Å²) >= 11 is 0. The van der Waals surface area contributed by atoms with Crippen LogP contribution in [0.5, 0.6) is 0 Å². The number of benzene rings is 1. The number of rotatable bonds is 4. The van der Waals surface area contributed by atoms with Crippen molar-refractivity contribution in [1.29, 1.82) is 5.26 Å². The molecule has 0 fully saturated rings. The van der Waals surface area contributed by atoms with Crippen LogP contribution in [0.1, 0.15) is 11.4 Å². The first-order chi connectivity index (χ1) is 10.7. The second kappa shape index (κ2) is 5.49. The van der Waals surface area contributed by atoms with E-state index in [4.69, 9.17) is 5.26 Å². The Bertz CT molecular complexity index is 896. The Kier molecular flexibility index (Phi) is 3.37. The first kappa shape index (κ1) is 13.5. The van der Waals surface area contributed by atoms with Crippen molar-refractivity contribution in [2.24, 2.45) is 0 Å². The third-order valence-corrected chi connectivity index (χ3v) is 3.16. The van der Waals surface area contributed by atoms with Crippen molar-refractivity contribution in [3.63, 3.8) is 0 Å². The molecule has 0 amide bonds. The lowest BCUT2D eigenvalue weighted by molar-refractivity contribution is -0.384. The third kappa shape index (κ3) is 2.43. The van der Waals surface area contributed by atoms with Crippen LogP contribution in [0.3, 0.4) is 0 Å². The molecule has 0 saturated heterocycles. The summed E-state index contributed by atoms with van der Waals surface area (Å²) in [6.45, 7) is 0.345. The largest absolute Gasteiger partial charge is 0.377 e. The van der Waals surface area contributed by atoms with E-state index in [0.29, 0.717) is 18.1 Å². The number of hydrogen-bond donors (Lipinski definition) is 1. The van der Waals surface area contributed by atoms with Gasteiger partial charge in [0.1, 0.15) is 6.07 Å². The summed E-state index contributed by atoms with van der Waals surface area (Å²) in [5, 5.41) is 31.0. The van der Waals surface area contributed by atoms with Crippen molar-refractivity contribution in [2.45, 2.75) is 6.54 Å². The molecular formula is C14H10N6O2. The first-order valence-electron chi connectivity index (χ1n) is 6.40. The molecule has 108 valence electrons. The quantitative estimate of drug-likeness (QED) is 0.583. The molecule has 8 nitrogen and oxygen atoms in total. The van der Waals surface area contributed by atoms with Crippen LogP contribution in [0, 0.1) is 21.4 Å². The van der Waals surface area contributed by atoms with Crippen molar-refractivity contribution in [2.75, 3.05) is 5.32 Å². The van der Waals surface area contributed by atoms with Crippen molar-refractivity contribution in [1.82, 2.24) is 14.6 Å². The molecule has 0 bridgehead atoms. The topological polar surface area (TPSA) is 109 Å². The SMILES string of the molecule is N#Cc1cc([N+](=O)[O-])ccc1NCc1nnc2ccccn12. The van der Waals surface area contributed by atoms with Crippen LogP contribution in [0.25, 0.3) is 5.65 Å². The van der Waals surface area contributed by atoms with Gasteiger partial charge >= 0.3 is 0 Å². The Balaban J connectivity index is 1.85. The Morgan fingerprint density at radius 1 is 1.32 bits per heavy atom. The maximum absolute atomic E-state index is 10.7. The number of hydrogen-bond acceptors (Lipinski definition) is 6. The van der Waals surface area contributed by atoms with E-state index in [2.05, 4.69) is 15.5 Å². The molecule has 0 aliphatic heterocycles. The third-order valence-electron chi connectivity index (χ3n) is 3.16. The van der Waals surface area contributed by atoms with Gasteiger partial charge in [0, 0.05) is 18.3 Å². The fraction of sp³-hybridized carbons (Fsp3) is 0.0714. The van der Waals surface area contributed by atoms with Crippen LogP contribution in [0.2, 0.25) is 0 Å². The van der Waals surface area contributed by atoms with Gasteiger partial charge in [-0.3, -0.25) is 14.5 Å². The maximum Gasteiger partial charge on any atom is 0.270 e. The molecule has 22 heavy (non-hydrogen) atoms. The maximum atomic E-state index is 10.7. The van der Waals surface area contributed by atoms with Crippen LogP contribution >= 0.6 is 0 Å². The highest BCUT2D eigenvalue weighted by molar-refractivity contribution is 5.61. The number of pyridine rings is 1. The highest BCUT2D eigenvalue weighted by Crippen LogP contribution is 2.21. The number of nitro benzene ring substituents is 1. The zero-order valence-corrected chi connectivity index (χ0v) is 11.3. The minimum absolute atomic E-state index is 0.116. The van der Waals surface area contributed by atoms with Crippen LogP contribution in [-0.2, 0) is 6.54 Å². The first-order valence-corrected chi connectivity index (χ1v) is 6.40. The summed E-state index contributed by atoms with van der Waals surface area (Å²) in [5.74, 6) is 0.679. The molecule has 1 N–H and O–H groups in total. The fourth-order valence-corrected chi connectivity index (χ4v) is 2.08. The summed E-state index contributed by atoms with van der Waals surface area (Å²) in [5.41, 5.74) is 1.34. The molecule has 0 unspecified atom stereocenters. The molecule has 1 aromatic carbocycles. The van der Waals surface area contributed by atoms with Crippen molar-refractivity contribution >= 4 is 17.0 Å². The summed E-state index contributed by atoms with van der Waals surface area (Å²) in [6.07, 6.45) is 1.84. The highest BCUT2D eigenvalue weighted by Gasteiger charge is 2.11. The Labute approximate surface area is 124 Å². The zero-order chi connectivity index (χ0) is 15.5. The van der Waals surface area contributed by atoms with Gasteiger partial charge in [0.2, 0.25) is 0 Å². The molecule has 0 saturated carbocycles. The molecule has 3 rings (SSSR count). The van der Waals surface area contributed by atoms with Crippen LogP contribution in [-0.4, -0.2) is 19.5 Å². The Hall–Kier alpha value is -3.47. The summed E-state index contributed by atoms with van der Waals surface area (Å²) < 4.78 is 1.82. The van der Waals surface area contributed by atoms with Crippen LogP contribution in [0.15, 0.2) is 42.6 Å². The minimum Gasteiger partial charge on any atom is -0.377 e. The predicted molar refractivity (Wildman–Crippen MR) is 78.1 cm³/mol. The minimum atomic E-state index is -0.531. The van der Waals surface area contributed by atoms with Gasteiger partial charge in [0.25, 0.3) is 5.69 Å². The number of nitrogens with one attached hydrogen (secondary N) is 1. The molecule has 0 spiro atoms. The molecule has 8 heteroatoms. The molecule has 0 radical (unpaired) electrons. The van der Waals surface area contributed by atoms with Gasteiger partial charge in [-0.15, -0.1) is 10.2 Å². The lowest BCUT2D eigenvalue weighted by atomic mass is 10.1.